The lowest BCUT2D eigenvalue weighted by Crippen LogP contribution is -2.11. The van der Waals surface area contributed by atoms with Gasteiger partial charge in [-0.1, -0.05) is 38.1 Å². The van der Waals surface area contributed by atoms with Crippen molar-refractivity contribution in [3.63, 3.8) is 0 Å². The van der Waals surface area contributed by atoms with Crippen molar-refractivity contribution in [3.8, 4) is 17.6 Å². The normalized spacial score (nSPS) is 10.1. The van der Waals surface area contributed by atoms with Crippen LogP contribution in [0.1, 0.15) is 30.5 Å². The molecule has 0 unspecified atom stereocenters. The molecule has 0 radical (unpaired) electrons. The molecular weight excluding hydrogens is 260 g/mol. The fraction of sp³-hybridized carbons (Fsp3) is 0.278. The molecule has 3 heteroatoms. The Kier molecular flexibility index (Phi) is 5.36. The Morgan fingerprint density at radius 1 is 1.10 bits per heavy atom. The maximum atomic E-state index is 9.32. The Balaban J connectivity index is 2.26. The first-order valence-corrected chi connectivity index (χ1v) is 7.28. The van der Waals surface area contributed by atoms with Crippen LogP contribution in [0.4, 0.5) is 0 Å². The minimum absolute atomic E-state index is 0.566. The van der Waals surface area contributed by atoms with Crippen LogP contribution in [0.15, 0.2) is 42.5 Å². The van der Waals surface area contributed by atoms with Crippen LogP contribution < -0.4 is 10.1 Å². The van der Waals surface area contributed by atoms with Gasteiger partial charge in [-0.15, -0.1) is 0 Å². The van der Waals surface area contributed by atoms with Crippen molar-refractivity contribution in [1.82, 2.24) is 5.32 Å². The first-order chi connectivity index (χ1) is 10.3. The summed E-state index contributed by atoms with van der Waals surface area (Å²) >= 11 is 0. The van der Waals surface area contributed by atoms with Gasteiger partial charge >= 0.3 is 0 Å². The molecular formula is C18H20N2O. The summed E-state index contributed by atoms with van der Waals surface area (Å²) < 4.78 is 5.94. The number of hydrogen-bond acceptors (Lipinski definition) is 3. The van der Waals surface area contributed by atoms with Crippen LogP contribution in [0.2, 0.25) is 0 Å². The van der Waals surface area contributed by atoms with Crippen molar-refractivity contribution in [3.05, 3.63) is 59.2 Å². The zero-order chi connectivity index (χ0) is 15.1. The van der Waals surface area contributed by atoms with Gasteiger partial charge in [0.2, 0.25) is 0 Å². The summed E-state index contributed by atoms with van der Waals surface area (Å²) in [4.78, 5) is 0. The Morgan fingerprint density at radius 2 is 1.90 bits per heavy atom. The van der Waals surface area contributed by atoms with Gasteiger partial charge in [-0.3, -0.25) is 0 Å². The Hall–Kier alpha value is -2.31. The molecule has 0 atom stereocenters. The zero-order valence-electron chi connectivity index (χ0n) is 12.5. The van der Waals surface area contributed by atoms with Crippen LogP contribution in [0, 0.1) is 11.3 Å². The highest BCUT2D eigenvalue weighted by molar-refractivity contribution is 5.48. The van der Waals surface area contributed by atoms with E-state index in [0.29, 0.717) is 11.3 Å². The van der Waals surface area contributed by atoms with E-state index in [1.807, 2.05) is 42.5 Å². The summed E-state index contributed by atoms with van der Waals surface area (Å²) in [5.74, 6) is 1.43. The standard InChI is InChI=1S/C18H20N2O/c1-3-15-7-5-6-8-17(15)21-18-10-9-14(13-20-4-2)11-16(18)12-19/h5-11,20H,3-4,13H2,1-2H3. The van der Waals surface area contributed by atoms with E-state index in [1.54, 1.807) is 0 Å². The van der Waals surface area contributed by atoms with Crippen LogP contribution in [-0.2, 0) is 13.0 Å². The van der Waals surface area contributed by atoms with Gasteiger partial charge in [0.05, 0.1) is 5.56 Å². The quantitative estimate of drug-likeness (QED) is 0.869. The SMILES string of the molecule is CCNCc1ccc(Oc2ccccc2CC)c(C#N)c1. The number of nitrogens with zero attached hydrogens (tertiary/aromatic N) is 1. The van der Waals surface area contributed by atoms with Crippen LogP contribution in [0.5, 0.6) is 11.5 Å². The molecule has 0 aliphatic rings. The molecule has 0 aliphatic carbocycles. The van der Waals surface area contributed by atoms with Gasteiger partial charge in [0, 0.05) is 6.54 Å². The van der Waals surface area contributed by atoms with Gasteiger partial charge in [0.1, 0.15) is 17.6 Å². The Morgan fingerprint density at radius 3 is 2.62 bits per heavy atom. The number of para-hydroxylation sites is 1. The molecule has 108 valence electrons. The predicted octanol–water partition coefficient (Wildman–Crippen LogP) is 4.02. The average Bonchev–Trinajstić information content (AvgIpc) is 2.54. The second kappa shape index (κ2) is 7.47. The molecule has 2 aromatic carbocycles. The molecule has 0 fully saturated rings. The molecule has 0 spiro atoms. The second-order valence-corrected chi connectivity index (χ2v) is 4.79. The smallest absolute Gasteiger partial charge is 0.145 e. The molecule has 21 heavy (non-hydrogen) atoms. The predicted molar refractivity (Wildman–Crippen MR) is 84.4 cm³/mol. The van der Waals surface area contributed by atoms with E-state index in [2.05, 4.69) is 25.2 Å². The summed E-state index contributed by atoms with van der Waals surface area (Å²) in [6.07, 6.45) is 0.899. The second-order valence-electron chi connectivity index (χ2n) is 4.79. The van der Waals surface area contributed by atoms with Crippen molar-refractivity contribution in [2.24, 2.45) is 0 Å². The van der Waals surface area contributed by atoms with Crippen molar-refractivity contribution in [1.29, 1.82) is 5.26 Å². The van der Waals surface area contributed by atoms with Crippen molar-refractivity contribution < 1.29 is 4.74 Å². The number of nitrogens with one attached hydrogen (secondary N) is 1. The fourth-order valence-electron chi connectivity index (χ4n) is 2.15. The molecule has 0 aromatic heterocycles. The van der Waals surface area contributed by atoms with Gasteiger partial charge in [-0.2, -0.15) is 5.26 Å². The van der Waals surface area contributed by atoms with Crippen molar-refractivity contribution in [2.75, 3.05) is 6.54 Å². The lowest BCUT2D eigenvalue weighted by molar-refractivity contribution is 0.475. The van der Waals surface area contributed by atoms with Gasteiger partial charge in [0.15, 0.2) is 0 Å². The summed E-state index contributed by atoms with van der Waals surface area (Å²) in [7, 11) is 0. The summed E-state index contributed by atoms with van der Waals surface area (Å²) in [6, 6.07) is 15.9. The van der Waals surface area contributed by atoms with Crippen LogP contribution in [0.25, 0.3) is 0 Å². The molecule has 3 nitrogen and oxygen atoms in total. The third kappa shape index (κ3) is 3.84. The maximum Gasteiger partial charge on any atom is 0.145 e. The van der Waals surface area contributed by atoms with Gasteiger partial charge in [-0.25, -0.2) is 0 Å². The number of hydrogen-bond donors (Lipinski definition) is 1. The summed E-state index contributed by atoms with van der Waals surface area (Å²) in [5, 5.41) is 12.6. The monoisotopic (exact) mass is 280 g/mol. The number of rotatable bonds is 6. The molecule has 2 aromatic rings. The molecule has 0 amide bonds. The third-order valence-corrected chi connectivity index (χ3v) is 3.32. The molecule has 0 saturated heterocycles. The highest BCUT2D eigenvalue weighted by Crippen LogP contribution is 2.28. The number of nitriles is 1. The number of aryl methyl sites for hydroxylation is 1. The van der Waals surface area contributed by atoms with Crippen LogP contribution >= 0.6 is 0 Å². The Labute approximate surface area is 126 Å². The molecule has 0 bridgehead atoms. The van der Waals surface area contributed by atoms with E-state index in [1.165, 1.54) is 0 Å². The van der Waals surface area contributed by atoms with E-state index in [0.717, 1.165) is 36.4 Å². The summed E-state index contributed by atoms with van der Waals surface area (Å²) in [6.45, 7) is 5.82. The van der Waals surface area contributed by atoms with Gasteiger partial charge in [0.25, 0.3) is 0 Å². The molecule has 2 rings (SSSR count). The van der Waals surface area contributed by atoms with E-state index in [9.17, 15) is 5.26 Å². The minimum Gasteiger partial charge on any atom is -0.456 e. The highest BCUT2D eigenvalue weighted by atomic mass is 16.5. The van der Waals surface area contributed by atoms with Crippen molar-refractivity contribution >= 4 is 0 Å². The highest BCUT2D eigenvalue weighted by Gasteiger charge is 2.08. The number of ether oxygens (including phenoxy) is 1. The Bertz CT molecular complexity index is 644. The van der Waals surface area contributed by atoms with Crippen LogP contribution in [-0.4, -0.2) is 6.54 Å². The largest absolute Gasteiger partial charge is 0.456 e. The molecule has 0 saturated carbocycles. The van der Waals surface area contributed by atoms with Gasteiger partial charge in [-0.05, 0) is 42.3 Å². The maximum absolute atomic E-state index is 9.32. The lowest BCUT2D eigenvalue weighted by atomic mass is 10.1. The van der Waals surface area contributed by atoms with Crippen molar-refractivity contribution in [2.45, 2.75) is 26.8 Å². The lowest BCUT2D eigenvalue weighted by Gasteiger charge is -2.12. The van der Waals surface area contributed by atoms with E-state index >= 15 is 0 Å². The van der Waals surface area contributed by atoms with Crippen LogP contribution in [0.3, 0.4) is 0 Å². The number of benzene rings is 2. The van der Waals surface area contributed by atoms with Gasteiger partial charge < -0.3 is 10.1 Å². The minimum atomic E-state index is 0.566. The zero-order valence-corrected chi connectivity index (χ0v) is 12.5. The third-order valence-electron chi connectivity index (χ3n) is 3.32. The van der Waals surface area contributed by atoms with E-state index in [4.69, 9.17) is 4.74 Å². The fourth-order valence-corrected chi connectivity index (χ4v) is 2.15. The first-order valence-electron chi connectivity index (χ1n) is 7.28. The molecule has 0 aliphatic heterocycles. The molecule has 0 heterocycles. The summed E-state index contributed by atoms with van der Waals surface area (Å²) in [5.41, 5.74) is 2.79. The topological polar surface area (TPSA) is 45.0 Å². The average molecular weight is 280 g/mol. The molecule has 1 N–H and O–H groups in total. The first kappa shape index (κ1) is 15.1. The van der Waals surface area contributed by atoms with E-state index < -0.39 is 0 Å². The van der Waals surface area contributed by atoms with E-state index in [-0.39, 0.29) is 0 Å².